The lowest BCUT2D eigenvalue weighted by molar-refractivity contribution is 0.0555. The maximum absolute atomic E-state index is 11.7. The van der Waals surface area contributed by atoms with Gasteiger partial charge >= 0.3 is 11.9 Å². The number of aromatic nitrogens is 1. The number of methoxy groups -OCH3 is 2. The van der Waals surface area contributed by atoms with Gasteiger partial charge in [0.2, 0.25) is 5.06 Å². The number of hydrogen-bond acceptors (Lipinski definition) is 7. The summed E-state index contributed by atoms with van der Waals surface area (Å²) in [4.78, 5) is 27.1. The molecule has 0 aliphatic heterocycles. The lowest BCUT2D eigenvalue weighted by Crippen LogP contribution is -2.11. The number of benzene rings is 1. The minimum atomic E-state index is -0.647. The zero-order valence-corrected chi connectivity index (χ0v) is 11.5. The van der Waals surface area contributed by atoms with Crippen LogP contribution < -0.4 is 4.74 Å². The van der Waals surface area contributed by atoms with Gasteiger partial charge in [-0.1, -0.05) is 11.3 Å². The molecule has 1 radical (unpaired) electrons. The van der Waals surface area contributed by atoms with E-state index in [0.717, 1.165) is 0 Å². The number of rotatable bonds is 4. The summed E-state index contributed by atoms with van der Waals surface area (Å²) < 4.78 is 14.7. The van der Waals surface area contributed by atoms with Gasteiger partial charge in [-0.15, -0.1) is 0 Å². The maximum Gasteiger partial charge on any atom is 0.338 e. The molecule has 7 heteroatoms. The van der Waals surface area contributed by atoms with Crippen molar-refractivity contribution in [2.45, 2.75) is 0 Å². The second kappa shape index (κ2) is 6.16. The highest BCUT2D eigenvalue weighted by Crippen LogP contribution is 2.27. The molecule has 0 atom stereocenters. The summed E-state index contributed by atoms with van der Waals surface area (Å²) in [6, 6.07) is 4.41. The van der Waals surface area contributed by atoms with Crippen molar-refractivity contribution in [3.8, 4) is 10.8 Å². The van der Waals surface area contributed by atoms with Gasteiger partial charge in [-0.05, 0) is 18.2 Å². The molecule has 0 spiro atoms. The van der Waals surface area contributed by atoms with Crippen LogP contribution in [-0.2, 0) is 9.47 Å². The van der Waals surface area contributed by atoms with Crippen LogP contribution in [0.4, 0.5) is 0 Å². The molecule has 1 aromatic heterocycles. The summed E-state index contributed by atoms with van der Waals surface area (Å²) in [6.07, 6.45) is 1.50. The van der Waals surface area contributed by atoms with Crippen LogP contribution in [0.25, 0.3) is 0 Å². The highest BCUT2D eigenvalue weighted by Gasteiger charge is 2.19. The molecule has 0 aliphatic carbocycles. The molecule has 0 amide bonds. The topological polar surface area (TPSA) is 74.7 Å². The van der Waals surface area contributed by atoms with E-state index >= 15 is 0 Å². The summed E-state index contributed by atoms with van der Waals surface area (Å²) in [6.45, 7) is 0. The first-order chi connectivity index (χ1) is 9.65. The van der Waals surface area contributed by atoms with Crippen LogP contribution in [0.5, 0.6) is 10.8 Å². The van der Waals surface area contributed by atoms with Crippen molar-refractivity contribution in [2.75, 3.05) is 14.2 Å². The molecule has 0 saturated carbocycles. The fourth-order valence-corrected chi connectivity index (χ4v) is 1.93. The number of esters is 2. The molecule has 0 bridgehead atoms. The van der Waals surface area contributed by atoms with Gasteiger partial charge in [-0.25, -0.2) is 14.6 Å². The number of carbonyl (C=O) groups excluding carboxylic acids is 2. The molecule has 0 aliphatic rings. The van der Waals surface area contributed by atoms with Gasteiger partial charge in [-0.2, -0.15) is 0 Å². The quantitative estimate of drug-likeness (QED) is 0.805. The lowest BCUT2D eigenvalue weighted by atomic mass is 10.1. The Morgan fingerprint density at radius 1 is 1.15 bits per heavy atom. The second-order valence-electron chi connectivity index (χ2n) is 3.56. The molecular formula is C13H10NO5S. The van der Waals surface area contributed by atoms with E-state index in [1.807, 2.05) is 0 Å². The smallest absolute Gasteiger partial charge is 0.338 e. The predicted molar refractivity (Wildman–Crippen MR) is 70.1 cm³/mol. The van der Waals surface area contributed by atoms with Gasteiger partial charge in [0.15, 0.2) is 5.51 Å². The Morgan fingerprint density at radius 3 is 2.45 bits per heavy atom. The van der Waals surface area contributed by atoms with Crippen molar-refractivity contribution >= 4 is 23.3 Å². The Morgan fingerprint density at radius 2 is 1.85 bits per heavy atom. The Balaban J connectivity index is 2.37. The number of ether oxygens (including phenoxy) is 3. The van der Waals surface area contributed by atoms with E-state index in [1.54, 1.807) is 6.07 Å². The van der Waals surface area contributed by atoms with E-state index < -0.39 is 11.9 Å². The lowest BCUT2D eigenvalue weighted by Gasteiger charge is -2.09. The summed E-state index contributed by atoms with van der Waals surface area (Å²) in [5, 5.41) is 0.520. The third-order valence-corrected chi connectivity index (χ3v) is 2.98. The largest absolute Gasteiger partial charge is 0.465 e. The number of hydrogen-bond donors (Lipinski definition) is 0. The van der Waals surface area contributed by atoms with Crippen LogP contribution in [-0.4, -0.2) is 31.1 Å². The normalized spacial score (nSPS) is 9.90. The van der Waals surface area contributed by atoms with Crippen molar-refractivity contribution in [2.24, 2.45) is 0 Å². The highest BCUT2D eigenvalue weighted by atomic mass is 32.1. The molecular weight excluding hydrogens is 282 g/mol. The average molecular weight is 292 g/mol. The van der Waals surface area contributed by atoms with E-state index in [0.29, 0.717) is 10.8 Å². The minimum Gasteiger partial charge on any atom is -0.465 e. The van der Waals surface area contributed by atoms with E-state index in [2.05, 4.69) is 20.0 Å². The van der Waals surface area contributed by atoms with Gasteiger partial charge < -0.3 is 14.2 Å². The Hall–Kier alpha value is -2.41. The predicted octanol–water partition coefficient (Wildman–Crippen LogP) is 2.31. The highest BCUT2D eigenvalue weighted by molar-refractivity contribution is 7.11. The molecule has 2 aromatic rings. The second-order valence-corrected chi connectivity index (χ2v) is 4.35. The molecule has 2 rings (SSSR count). The Kier molecular flexibility index (Phi) is 4.31. The van der Waals surface area contributed by atoms with E-state index in [-0.39, 0.29) is 11.1 Å². The molecule has 20 heavy (non-hydrogen) atoms. The van der Waals surface area contributed by atoms with Gasteiger partial charge in [0.1, 0.15) is 5.75 Å². The molecule has 1 aromatic carbocycles. The Labute approximate surface area is 118 Å². The number of thiazole rings is 1. The number of carbonyl (C=O) groups is 2. The van der Waals surface area contributed by atoms with Crippen molar-refractivity contribution in [1.29, 1.82) is 0 Å². The van der Waals surface area contributed by atoms with Gasteiger partial charge in [-0.3, -0.25) is 0 Å². The molecule has 0 N–H and O–H groups in total. The average Bonchev–Trinajstić information content (AvgIpc) is 2.98. The van der Waals surface area contributed by atoms with Crippen LogP contribution in [0, 0.1) is 5.51 Å². The van der Waals surface area contributed by atoms with E-state index in [9.17, 15) is 9.59 Å². The summed E-state index contributed by atoms with van der Waals surface area (Å²) in [5.74, 6) is -0.884. The first-order valence-corrected chi connectivity index (χ1v) is 6.27. The van der Waals surface area contributed by atoms with Gasteiger partial charge in [0.05, 0.1) is 31.5 Å². The van der Waals surface area contributed by atoms with E-state index in [1.165, 1.54) is 43.9 Å². The summed E-state index contributed by atoms with van der Waals surface area (Å²) in [5.41, 5.74) is 2.83. The number of nitrogens with zero attached hydrogens (tertiary/aromatic N) is 1. The van der Waals surface area contributed by atoms with Crippen LogP contribution in [0.2, 0.25) is 0 Å². The van der Waals surface area contributed by atoms with Crippen LogP contribution in [0.1, 0.15) is 20.7 Å². The van der Waals surface area contributed by atoms with Crippen molar-refractivity contribution in [1.82, 2.24) is 4.98 Å². The van der Waals surface area contributed by atoms with Crippen molar-refractivity contribution in [3.05, 3.63) is 41.0 Å². The molecule has 103 valence electrons. The van der Waals surface area contributed by atoms with Crippen LogP contribution in [0.15, 0.2) is 24.4 Å². The van der Waals surface area contributed by atoms with Crippen LogP contribution >= 0.6 is 11.3 Å². The zero-order chi connectivity index (χ0) is 14.5. The third kappa shape index (κ3) is 2.94. The monoisotopic (exact) mass is 292 g/mol. The summed E-state index contributed by atoms with van der Waals surface area (Å²) in [7, 11) is 2.47. The van der Waals surface area contributed by atoms with Gasteiger partial charge in [0, 0.05) is 0 Å². The first kappa shape index (κ1) is 14.0. The Bertz CT molecular complexity index is 624. The SMILES string of the molecule is COC(=O)c1ccc(Oc2cn[c]s2)cc1C(=O)OC. The molecule has 1 heterocycles. The van der Waals surface area contributed by atoms with Crippen molar-refractivity contribution < 1.29 is 23.8 Å². The van der Waals surface area contributed by atoms with E-state index in [4.69, 9.17) is 4.74 Å². The first-order valence-electron chi connectivity index (χ1n) is 5.46. The van der Waals surface area contributed by atoms with Crippen LogP contribution in [0.3, 0.4) is 0 Å². The molecule has 0 saturated heterocycles. The zero-order valence-electron chi connectivity index (χ0n) is 10.7. The van der Waals surface area contributed by atoms with Gasteiger partial charge in [0.25, 0.3) is 0 Å². The molecule has 0 unspecified atom stereocenters. The molecule has 0 fully saturated rings. The fraction of sp³-hybridized carbons (Fsp3) is 0.154. The van der Waals surface area contributed by atoms with Crippen molar-refractivity contribution in [3.63, 3.8) is 0 Å². The molecule has 6 nitrogen and oxygen atoms in total. The third-order valence-electron chi connectivity index (χ3n) is 2.39. The fourth-order valence-electron chi connectivity index (χ4n) is 1.49. The minimum absolute atomic E-state index is 0.0744. The standard InChI is InChI=1S/C13H10NO5S/c1-17-12(15)9-4-3-8(5-10(9)13(16)18-2)19-11-6-14-7-20-11/h3-6H,1-2H3. The maximum atomic E-state index is 11.7. The summed E-state index contributed by atoms with van der Waals surface area (Å²) >= 11 is 1.19.